The smallest absolute Gasteiger partial charge is 0.159 e. The minimum absolute atomic E-state index is 0.129. The minimum Gasteiger partial charge on any atom is -0.372 e. The number of carbonyl (C=O) groups excluding carboxylic acids is 1. The number of hydrogen-bond donors (Lipinski definition) is 0. The van der Waals surface area contributed by atoms with Crippen LogP contribution in [0.2, 0.25) is 0 Å². The van der Waals surface area contributed by atoms with E-state index in [9.17, 15) is 4.79 Å². The van der Waals surface area contributed by atoms with Crippen LogP contribution in [0.4, 0.5) is 0 Å². The number of hydrogen-bond acceptors (Lipinski definition) is 5. The van der Waals surface area contributed by atoms with Crippen LogP contribution in [0.25, 0.3) is 0 Å². The Morgan fingerprint density at radius 3 is 2.33 bits per heavy atom. The van der Waals surface area contributed by atoms with Gasteiger partial charge in [0.05, 0.1) is 17.2 Å². The van der Waals surface area contributed by atoms with Gasteiger partial charge in [-0.25, -0.2) is 0 Å². The van der Waals surface area contributed by atoms with Crippen molar-refractivity contribution in [1.29, 1.82) is 10.5 Å². The highest BCUT2D eigenvalue weighted by Crippen LogP contribution is 2.42. The second kappa shape index (κ2) is 4.37. The third-order valence-corrected chi connectivity index (χ3v) is 3.57. The van der Waals surface area contributed by atoms with Gasteiger partial charge in [0.2, 0.25) is 0 Å². The fraction of sp³-hybridized carbons (Fsp3) is 0.500. The quantitative estimate of drug-likeness (QED) is 0.699. The molecule has 0 saturated carbocycles. The molecule has 0 radical (unpaired) electrons. The summed E-state index contributed by atoms with van der Waals surface area (Å²) >= 11 is 1.29. The molecule has 2 unspecified atom stereocenters. The molecule has 2 atom stereocenters. The Labute approximate surface area is 93.2 Å². The van der Waals surface area contributed by atoms with E-state index in [1.54, 1.807) is 19.0 Å². The van der Waals surface area contributed by atoms with E-state index in [1.807, 2.05) is 6.07 Å². The molecule has 0 aromatic rings. The van der Waals surface area contributed by atoms with Gasteiger partial charge in [0.15, 0.2) is 5.78 Å². The van der Waals surface area contributed by atoms with E-state index in [0.29, 0.717) is 5.57 Å². The summed E-state index contributed by atoms with van der Waals surface area (Å²) in [6.45, 7) is 1.43. The van der Waals surface area contributed by atoms with Gasteiger partial charge in [-0.05, 0) is 6.92 Å². The van der Waals surface area contributed by atoms with Crippen molar-refractivity contribution < 1.29 is 4.79 Å². The highest BCUT2D eigenvalue weighted by molar-refractivity contribution is 8.04. The lowest BCUT2D eigenvalue weighted by Crippen LogP contribution is -2.16. The first-order valence-electron chi connectivity index (χ1n) is 4.41. The lowest BCUT2D eigenvalue weighted by molar-refractivity contribution is -0.114. The average Bonchev–Trinajstić information content (AvgIpc) is 2.55. The van der Waals surface area contributed by atoms with Gasteiger partial charge in [-0.2, -0.15) is 10.5 Å². The Balaban J connectivity index is 3.20. The summed E-state index contributed by atoms with van der Waals surface area (Å²) in [4.78, 5) is 13.2. The van der Waals surface area contributed by atoms with Crippen molar-refractivity contribution in [3.63, 3.8) is 0 Å². The van der Waals surface area contributed by atoms with Crippen molar-refractivity contribution in [2.24, 2.45) is 5.92 Å². The summed E-state index contributed by atoms with van der Waals surface area (Å²) in [6, 6.07) is 4.09. The number of nitrogens with zero attached hydrogens (tertiary/aromatic N) is 3. The van der Waals surface area contributed by atoms with Gasteiger partial charge in [-0.3, -0.25) is 4.79 Å². The first-order chi connectivity index (χ1) is 7.02. The van der Waals surface area contributed by atoms with Crippen molar-refractivity contribution >= 4 is 17.5 Å². The molecule has 0 spiro atoms. The molecular formula is C10H11N3OS. The number of thioether (sulfide) groups is 1. The molecule has 1 rings (SSSR count). The molecule has 15 heavy (non-hydrogen) atoms. The molecule has 0 aliphatic carbocycles. The molecule has 0 amide bonds. The lowest BCUT2D eigenvalue weighted by atomic mass is 9.95. The van der Waals surface area contributed by atoms with Crippen molar-refractivity contribution in [3.8, 4) is 12.1 Å². The van der Waals surface area contributed by atoms with Crippen LogP contribution < -0.4 is 0 Å². The summed E-state index contributed by atoms with van der Waals surface area (Å²) in [5, 5.41) is 18.1. The maximum atomic E-state index is 11.4. The van der Waals surface area contributed by atoms with Gasteiger partial charge in [0, 0.05) is 19.7 Å². The van der Waals surface area contributed by atoms with E-state index >= 15 is 0 Å². The maximum absolute atomic E-state index is 11.4. The van der Waals surface area contributed by atoms with E-state index in [-0.39, 0.29) is 5.78 Å². The second-order valence-electron chi connectivity index (χ2n) is 3.44. The molecule has 0 N–H and O–H groups in total. The Morgan fingerprint density at radius 1 is 1.40 bits per heavy atom. The zero-order valence-electron chi connectivity index (χ0n) is 8.81. The second-order valence-corrected chi connectivity index (χ2v) is 4.57. The van der Waals surface area contributed by atoms with Gasteiger partial charge >= 0.3 is 0 Å². The van der Waals surface area contributed by atoms with Crippen LogP contribution in [0.1, 0.15) is 6.92 Å². The van der Waals surface area contributed by atoms with Crippen molar-refractivity contribution in [2.45, 2.75) is 12.2 Å². The van der Waals surface area contributed by atoms with Gasteiger partial charge < -0.3 is 4.90 Å². The van der Waals surface area contributed by atoms with E-state index in [2.05, 4.69) is 6.07 Å². The molecule has 0 saturated heterocycles. The molecule has 0 aromatic carbocycles. The molecule has 1 heterocycles. The predicted molar refractivity (Wildman–Crippen MR) is 57.5 cm³/mol. The van der Waals surface area contributed by atoms with E-state index in [1.165, 1.54) is 18.7 Å². The molecular weight excluding hydrogens is 210 g/mol. The monoisotopic (exact) mass is 221 g/mol. The Kier molecular flexibility index (Phi) is 3.39. The molecule has 1 aliphatic heterocycles. The van der Waals surface area contributed by atoms with Crippen LogP contribution in [0.5, 0.6) is 0 Å². The van der Waals surface area contributed by atoms with Crippen LogP contribution >= 0.6 is 11.8 Å². The highest BCUT2D eigenvalue weighted by Gasteiger charge is 2.39. The zero-order valence-corrected chi connectivity index (χ0v) is 9.63. The number of nitriles is 2. The number of carbonyl (C=O) groups is 1. The zero-order chi connectivity index (χ0) is 11.6. The lowest BCUT2D eigenvalue weighted by Gasteiger charge is -2.14. The van der Waals surface area contributed by atoms with Crippen molar-refractivity contribution in [3.05, 3.63) is 10.6 Å². The molecule has 0 aromatic heterocycles. The predicted octanol–water partition coefficient (Wildman–Crippen LogP) is 1.13. The largest absolute Gasteiger partial charge is 0.372 e. The van der Waals surface area contributed by atoms with Crippen molar-refractivity contribution in [2.75, 3.05) is 14.1 Å². The van der Waals surface area contributed by atoms with Crippen LogP contribution in [-0.4, -0.2) is 30.0 Å². The minimum atomic E-state index is -0.602. The van der Waals surface area contributed by atoms with Gasteiger partial charge in [0.1, 0.15) is 11.2 Å². The Bertz CT molecular complexity index is 400. The highest BCUT2D eigenvalue weighted by atomic mass is 32.2. The van der Waals surface area contributed by atoms with E-state index in [0.717, 1.165) is 5.03 Å². The Morgan fingerprint density at radius 2 is 2.00 bits per heavy atom. The molecule has 5 heteroatoms. The van der Waals surface area contributed by atoms with Crippen LogP contribution in [0.3, 0.4) is 0 Å². The van der Waals surface area contributed by atoms with Crippen LogP contribution in [-0.2, 0) is 4.79 Å². The first kappa shape index (κ1) is 11.6. The normalized spacial score (nSPS) is 24.6. The molecule has 0 bridgehead atoms. The SMILES string of the molecule is CC(=O)C1=C(N(C)C)SC(C#N)C1C#N. The topological polar surface area (TPSA) is 67.9 Å². The third kappa shape index (κ3) is 1.98. The maximum Gasteiger partial charge on any atom is 0.159 e. The summed E-state index contributed by atoms with van der Waals surface area (Å²) < 4.78 is 0. The molecule has 0 fully saturated rings. The third-order valence-electron chi connectivity index (χ3n) is 2.13. The number of allylic oxidation sites excluding steroid dienone is 1. The average molecular weight is 221 g/mol. The van der Waals surface area contributed by atoms with E-state index < -0.39 is 11.2 Å². The number of rotatable bonds is 2. The number of ketones is 1. The Hall–Kier alpha value is -1.46. The first-order valence-corrected chi connectivity index (χ1v) is 5.29. The fourth-order valence-corrected chi connectivity index (χ4v) is 2.72. The molecule has 78 valence electrons. The summed E-state index contributed by atoms with van der Waals surface area (Å²) in [5.41, 5.74) is 0.471. The standard InChI is InChI=1S/C10H11N3OS/c1-6(14)9-7(4-11)8(5-12)15-10(9)13(2)3/h7-8H,1-3H3. The van der Waals surface area contributed by atoms with Crippen LogP contribution in [0.15, 0.2) is 10.6 Å². The fourth-order valence-electron chi connectivity index (χ4n) is 1.49. The summed E-state index contributed by atoms with van der Waals surface area (Å²) in [7, 11) is 3.61. The van der Waals surface area contributed by atoms with Crippen LogP contribution in [0, 0.1) is 28.6 Å². The summed E-state index contributed by atoms with van der Waals surface area (Å²) in [6.07, 6.45) is 0. The van der Waals surface area contributed by atoms with Crippen molar-refractivity contribution in [1.82, 2.24) is 4.90 Å². The van der Waals surface area contributed by atoms with Gasteiger partial charge in [-0.15, -0.1) is 0 Å². The van der Waals surface area contributed by atoms with Gasteiger partial charge in [-0.1, -0.05) is 11.8 Å². The van der Waals surface area contributed by atoms with E-state index in [4.69, 9.17) is 10.5 Å². The molecule has 1 aliphatic rings. The summed E-state index contributed by atoms with van der Waals surface area (Å²) in [5.74, 6) is -0.731. The molecule has 4 nitrogen and oxygen atoms in total. The van der Waals surface area contributed by atoms with Gasteiger partial charge in [0.25, 0.3) is 0 Å². The number of Topliss-reactive ketones (excluding diaryl/α,β-unsaturated/α-hetero) is 1.